The minimum absolute atomic E-state index is 0.0154. The fourth-order valence-electron chi connectivity index (χ4n) is 2.01. The summed E-state index contributed by atoms with van der Waals surface area (Å²) in [6.45, 7) is 0.737. The van der Waals surface area contributed by atoms with Crippen LogP contribution >= 0.6 is 0 Å². The number of aromatic carboxylic acids is 1. The van der Waals surface area contributed by atoms with E-state index in [2.05, 4.69) is 9.71 Å². The van der Waals surface area contributed by atoms with E-state index in [1.165, 1.54) is 24.4 Å². The second kappa shape index (κ2) is 5.76. The first-order chi connectivity index (χ1) is 11.0. The minimum atomic E-state index is -3.93. The van der Waals surface area contributed by atoms with Crippen LogP contribution in [0, 0.1) is 0 Å². The monoisotopic (exact) mass is 335 g/mol. The summed E-state index contributed by atoms with van der Waals surface area (Å²) in [6.07, 6.45) is 2.26. The molecule has 120 valence electrons. The summed E-state index contributed by atoms with van der Waals surface area (Å²) in [6, 6.07) is 5.33. The van der Waals surface area contributed by atoms with Gasteiger partial charge in [0.15, 0.2) is 11.5 Å². The number of carboxylic acid groups (broad SMARTS) is 1. The highest BCUT2D eigenvalue weighted by atomic mass is 32.2. The van der Waals surface area contributed by atoms with Gasteiger partial charge in [-0.3, -0.25) is 9.71 Å². The third-order valence-corrected chi connectivity index (χ3v) is 4.43. The maximum atomic E-state index is 12.4. The van der Waals surface area contributed by atoms with E-state index in [4.69, 9.17) is 9.47 Å². The molecule has 0 unspecified atom stereocenters. The Kier molecular flexibility index (Phi) is 3.78. The number of fused-ring (bicyclic) bond motifs is 1. The Labute approximate surface area is 131 Å². The second-order valence-corrected chi connectivity index (χ2v) is 6.34. The van der Waals surface area contributed by atoms with Crippen LogP contribution in [0.3, 0.4) is 0 Å². The van der Waals surface area contributed by atoms with Gasteiger partial charge in [0.25, 0.3) is 10.0 Å². The number of ether oxygens (including phenoxy) is 2. The van der Waals surface area contributed by atoms with Crippen molar-refractivity contribution < 1.29 is 27.8 Å². The van der Waals surface area contributed by atoms with Gasteiger partial charge in [-0.05, 0) is 18.2 Å². The van der Waals surface area contributed by atoms with E-state index in [-0.39, 0.29) is 16.1 Å². The molecular weight excluding hydrogens is 324 g/mol. The lowest BCUT2D eigenvalue weighted by Gasteiger charge is -2.19. The van der Waals surface area contributed by atoms with Crippen molar-refractivity contribution in [1.29, 1.82) is 0 Å². The number of pyridine rings is 1. The number of carbonyl (C=O) groups excluding carboxylic acids is 1. The van der Waals surface area contributed by atoms with E-state index in [0.29, 0.717) is 24.7 Å². The molecule has 1 aromatic carbocycles. The molecule has 0 radical (unpaired) electrons. The minimum Gasteiger partial charge on any atom is -0.545 e. The fourth-order valence-corrected chi connectivity index (χ4v) is 3.06. The van der Waals surface area contributed by atoms with E-state index in [0.717, 1.165) is 12.3 Å². The highest BCUT2D eigenvalue weighted by molar-refractivity contribution is 7.92. The van der Waals surface area contributed by atoms with Crippen molar-refractivity contribution in [2.24, 2.45) is 0 Å². The lowest BCUT2D eigenvalue weighted by molar-refractivity contribution is -0.255. The van der Waals surface area contributed by atoms with Gasteiger partial charge < -0.3 is 19.4 Å². The van der Waals surface area contributed by atoms with Crippen molar-refractivity contribution in [1.82, 2.24) is 4.98 Å². The molecule has 9 heteroatoms. The first kappa shape index (κ1) is 15.1. The molecule has 0 saturated carbocycles. The Morgan fingerprint density at radius 3 is 2.61 bits per heavy atom. The maximum Gasteiger partial charge on any atom is 0.262 e. The van der Waals surface area contributed by atoms with Crippen molar-refractivity contribution in [3.63, 3.8) is 0 Å². The molecule has 1 aromatic heterocycles. The summed E-state index contributed by atoms with van der Waals surface area (Å²) in [7, 11) is -3.93. The summed E-state index contributed by atoms with van der Waals surface area (Å²) in [5, 5.41) is 10.8. The summed E-state index contributed by atoms with van der Waals surface area (Å²) >= 11 is 0. The van der Waals surface area contributed by atoms with Gasteiger partial charge in [0.2, 0.25) is 0 Å². The first-order valence-electron chi connectivity index (χ1n) is 6.54. The zero-order valence-electron chi connectivity index (χ0n) is 11.7. The smallest absolute Gasteiger partial charge is 0.262 e. The number of aromatic nitrogens is 1. The molecule has 1 N–H and O–H groups in total. The zero-order chi connectivity index (χ0) is 16.4. The summed E-state index contributed by atoms with van der Waals surface area (Å²) in [4.78, 5) is 14.4. The fraction of sp³-hybridized carbons (Fsp3) is 0.143. The predicted octanol–water partition coefficient (Wildman–Crippen LogP) is 0.0171. The topological polar surface area (TPSA) is 118 Å². The maximum absolute atomic E-state index is 12.4. The third kappa shape index (κ3) is 3.19. The first-order valence-corrected chi connectivity index (χ1v) is 8.03. The van der Waals surface area contributed by atoms with E-state index < -0.39 is 16.0 Å². The Morgan fingerprint density at radius 2 is 1.87 bits per heavy atom. The molecule has 3 rings (SSSR count). The quantitative estimate of drug-likeness (QED) is 0.836. The van der Waals surface area contributed by atoms with E-state index >= 15 is 0 Å². The van der Waals surface area contributed by atoms with Crippen LogP contribution in [0.5, 0.6) is 11.5 Å². The van der Waals surface area contributed by atoms with Crippen LogP contribution in [-0.4, -0.2) is 32.6 Å². The molecule has 0 amide bonds. The Balaban J connectivity index is 1.90. The number of sulfonamides is 1. The van der Waals surface area contributed by atoms with Crippen LogP contribution in [0.15, 0.2) is 41.6 Å². The summed E-state index contributed by atoms with van der Waals surface area (Å²) in [5.74, 6) is -0.644. The number of anilines is 1. The lowest BCUT2D eigenvalue weighted by Crippen LogP contribution is -2.23. The highest BCUT2D eigenvalue weighted by Gasteiger charge is 2.19. The standard InChI is InChI=1S/C14H12N2O6S/c17-14(18)9-5-10(8-15-7-9)16-23(19,20)11-1-2-12-13(6-11)22-4-3-21-12/h1-2,5-8,16H,3-4H2,(H,17,18)/p-1. The number of carboxylic acids is 1. The molecule has 1 aliphatic heterocycles. The van der Waals surface area contributed by atoms with Gasteiger partial charge in [-0.1, -0.05) is 0 Å². The van der Waals surface area contributed by atoms with Gasteiger partial charge in [-0.15, -0.1) is 0 Å². The molecule has 0 bridgehead atoms. The summed E-state index contributed by atoms with van der Waals surface area (Å²) in [5.41, 5.74) is -0.214. The second-order valence-electron chi connectivity index (χ2n) is 4.66. The normalized spacial score (nSPS) is 13.4. The Bertz CT molecular complexity index is 865. The van der Waals surface area contributed by atoms with Crippen LogP contribution in [-0.2, 0) is 10.0 Å². The number of nitrogens with one attached hydrogen (secondary N) is 1. The average Bonchev–Trinajstić information content (AvgIpc) is 2.54. The lowest BCUT2D eigenvalue weighted by atomic mass is 10.3. The van der Waals surface area contributed by atoms with Crippen LogP contribution in [0.1, 0.15) is 10.4 Å². The zero-order valence-corrected chi connectivity index (χ0v) is 12.5. The van der Waals surface area contributed by atoms with Gasteiger partial charge in [-0.25, -0.2) is 8.42 Å². The third-order valence-electron chi connectivity index (χ3n) is 3.05. The Morgan fingerprint density at radius 1 is 1.13 bits per heavy atom. The largest absolute Gasteiger partial charge is 0.545 e. The molecule has 23 heavy (non-hydrogen) atoms. The van der Waals surface area contributed by atoms with Crippen LogP contribution in [0.2, 0.25) is 0 Å². The van der Waals surface area contributed by atoms with Gasteiger partial charge in [0.1, 0.15) is 13.2 Å². The van der Waals surface area contributed by atoms with Crippen LogP contribution in [0.4, 0.5) is 5.69 Å². The van der Waals surface area contributed by atoms with Gasteiger partial charge >= 0.3 is 0 Å². The van der Waals surface area contributed by atoms with Crippen LogP contribution in [0.25, 0.3) is 0 Å². The van der Waals surface area contributed by atoms with Crippen molar-refractivity contribution in [3.8, 4) is 11.5 Å². The van der Waals surface area contributed by atoms with Crippen molar-refractivity contribution in [2.45, 2.75) is 4.90 Å². The molecular formula is C14H11N2O6S-. The average molecular weight is 335 g/mol. The van der Waals surface area contributed by atoms with Gasteiger partial charge in [0.05, 0.1) is 22.7 Å². The number of rotatable bonds is 4. The SMILES string of the molecule is O=C([O-])c1cncc(NS(=O)(=O)c2ccc3c(c2)OCCO3)c1. The molecule has 1 aliphatic rings. The van der Waals surface area contributed by atoms with Crippen LogP contribution < -0.4 is 19.3 Å². The van der Waals surface area contributed by atoms with Crippen molar-refractivity contribution in [2.75, 3.05) is 17.9 Å². The number of nitrogens with zero attached hydrogens (tertiary/aromatic N) is 1. The number of carbonyl (C=O) groups is 1. The Hall–Kier alpha value is -2.81. The molecule has 2 heterocycles. The van der Waals surface area contributed by atoms with E-state index in [1.54, 1.807) is 0 Å². The number of benzene rings is 1. The highest BCUT2D eigenvalue weighted by Crippen LogP contribution is 2.32. The van der Waals surface area contributed by atoms with Crippen molar-refractivity contribution >= 4 is 21.7 Å². The summed E-state index contributed by atoms with van der Waals surface area (Å²) < 4.78 is 37.7. The molecule has 0 aliphatic carbocycles. The number of hydrogen-bond donors (Lipinski definition) is 1. The number of hydrogen-bond acceptors (Lipinski definition) is 7. The molecule has 0 saturated heterocycles. The predicted molar refractivity (Wildman–Crippen MR) is 76.8 cm³/mol. The molecule has 2 aromatic rings. The van der Waals surface area contributed by atoms with Gasteiger partial charge in [0, 0.05) is 17.8 Å². The van der Waals surface area contributed by atoms with E-state index in [1.807, 2.05) is 0 Å². The van der Waals surface area contributed by atoms with Crippen molar-refractivity contribution in [3.05, 3.63) is 42.2 Å². The molecule has 0 spiro atoms. The molecule has 0 fully saturated rings. The van der Waals surface area contributed by atoms with E-state index in [9.17, 15) is 18.3 Å². The molecule has 8 nitrogen and oxygen atoms in total. The molecule has 0 atom stereocenters. The van der Waals surface area contributed by atoms with Gasteiger partial charge in [-0.2, -0.15) is 0 Å².